The van der Waals surface area contributed by atoms with Crippen LogP contribution in [-0.2, 0) is 25.7 Å². The molecule has 11 nitrogen and oxygen atoms in total. The summed E-state index contributed by atoms with van der Waals surface area (Å²) in [6.45, 7) is 7.92. The first-order chi connectivity index (χ1) is 24.5. The van der Waals surface area contributed by atoms with Crippen molar-refractivity contribution in [1.29, 1.82) is 0 Å². The molecule has 0 aromatic heterocycles. The number of urea groups is 2. The van der Waals surface area contributed by atoms with Gasteiger partial charge < -0.3 is 25.6 Å². The van der Waals surface area contributed by atoms with E-state index in [2.05, 4.69) is 16.0 Å². The molecule has 1 saturated heterocycles. The maximum atomic E-state index is 14.5. The van der Waals surface area contributed by atoms with E-state index >= 15 is 0 Å². The van der Waals surface area contributed by atoms with Crippen molar-refractivity contribution in [3.63, 3.8) is 0 Å². The second-order valence-electron chi connectivity index (χ2n) is 13.9. The van der Waals surface area contributed by atoms with Crippen molar-refractivity contribution in [1.82, 2.24) is 15.1 Å². The molecule has 270 valence electrons. The average molecular weight is 696 g/mol. The number of anilines is 2. The van der Waals surface area contributed by atoms with Crippen LogP contribution in [0.25, 0.3) is 0 Å². The van der Waals surface area contributed by atoms with E-state index in [0.29, 0.717) is 24.2 Å². The van der Waals surface area contributed by atoms with Gasteiger partial charge in [-0.25, -0.2) is 14.5 Å². The molecular weight excluding hydrogens is 646 g/mol. The van der Waals surface area contributed by atoms with Crippen LogP contribution < -0.4 is 16.0 Å². The molecule has 3 aromatic rings. The number of imide groups is 1. The highest BCUT2D eigenvalue weighted by atomic mass is 16.5. The molecule has 1 spiro atoms. The summed E-state index contributed by atoms with van der Waals surface area (Å²) < 4.78 is 5.20. The SMILES string of the molecule is CCOC(=O)C[C@H](NC(=O)[C@H](CC(C)C)N1C(=O)N(Cc2ccc(NC(=O)Nc3ccccc3C)cc2)C2(CCCCC2)C1=O)c1ccccc1. The molecule has 11 heteroatoms. The van der Waals surface area contributed by atoms with Crippen LogP contribution in [0, 0.1) is 12.8 Å². The monoisotopic (exact) mass is 695 g/mol. The van der Waals surface area contributed by atoms with Crippen molar-refractivity contribution in [2.75, 3.05) is 17.2 Å². The van der Waals surface area contributed by atoms with E-state index in [1.807, 2.05) is 87.5 Å². The van der Waals surface area contributed by atoms with Crippen molar-refractivity contribution in [2.24, 2.45) is 5.92 Å². The van der Waals surface area contributed by atoms with Crippen LogP contribution in [0.1, 0.15) is 88.4 Å². The molecule has 2 fully saturated rings. The number of esters is 1. The van der Waals surface area contributed by atoms with Crippen LogP contribution >= 0.6 is 0 Å². The van der Waals surface area contributed by atoms with E-state index in [1.165, 1.54) is 4.90 Å². The zero-order chi connectivity index (χ0) is 36.5. The Morgan fingerprint density at radius 2 is 1.53 bits per heavy atom. The molecule has 1 saturated carbocycles. The predicted molar refractivity (Wildman–Crippen MR) is 196 cm³/mol. The van der Waals surface area contributed by atoms with E-state index in [0.717, 1.165) is 36.0 Å². The van der Waals surface area contributed by atoms with Gasteiger partial charge in [-0.15, -0.1) is 0 Å². The number of para-hydroxylation sites is 1. The Morgan fingerprint density at radius 3 is 2.18 bits per heavy atom. The minimum atomic E-state index is -1.07. The number of carbonyl (C=O) groups is 5. The lowest BCUT2D eigenvalue weighted by molar-refractivity contribution is -0.145. The summed E-state index contributed by atoms with van der Waals surface area (Å²) in [4.78, 5) is 71.3. The average Bonchev–Trinajstić information content (AvgIpc) is 3.29. The Hall–Kier alpha value is -5.19. The fourth-order valence-corrected chi connectivity index (χ4v) is 7.10. The molecule has 5 rings (SSSR count). The van der Waals surface area contributed by atoms with Crippen molar-refractivity contribution in [3.05, 3.63) is 95.6 Å². The lowest BCUT2D eigenvalue weighted by Crippen LogP contribution is -2.53. The van der Waals surface area contributed by atoms with Crippen LogP contribution in [0.15, 0.2) is 78.9 Å². The van der Waals surface area contributed by atoms with Crippen molar-refractivity contribution >= 4 is 41.2 Å². The van der Waals surface area contributed by atoms with Crippen LogP contribution in [0.5, 0.6) is 0 Å². The van der Waals surface area contributed by atoms with Crippen LogP contribution in [0.4, 0.5) is 21.0 Å². The largest absolute Gasteiger partial charge is 0.466 e. The van der Waals surface area contributed by atoms with E-state index in [4.69, 9.17) is 4.74 Å². The molecule has 0 radical (unpaired) electrons. The molecular formula is C40H49N5O6. The summed E-state index contributed by atoms with van der Waals surface area (Å²) in [6.07, 6.45) is 3.74. The summed E-state index contributed by atoms with van der Waals surface area (Å²) in [6, 6.07) is 21.2. The zero-order valence-corrected chi connectivity index (χ0v) is 29.9. The molecule has 3 aromatic carbocycles. The first-order valence-corrected chi connectivity index (χ1v) is 17.9. The Labute approximate surface area is 300 Å². The van der Waals surface area contributed by atoms with Gasteiger partial charge in [-0.05, 0) is 73.9 Å². The lowest BCUT2D eigenvalue weighted by atomic mass is 9.80. The van der Waals surface area contributed by atoms with Gasteiger partial charge in [0.05, 0.1) is 19.1 Å². The molecule has 1 aliphatic heterocycles. The third-order valence-electron chi connectivity index (χ3n) is 9.70. The van der Waals surface area contributed by atoms with Crippen molar-refractivity contribution in [3.8, 4) is 0 Å². The van der Waals surface area contributed by atoms with Gasteiger partial charge in [0.1, 0.15) is 11.6 Å². The highest BCUT2D eigenvalue weighted by Crippen LogP contribution is 2.43. The maximum absolute atomic E-state index is 14.5. The summed E-state index contributed by atoms with van der Waals surface area (Å²) in [5.41, 5.74) is 2.68. The number of hydrogen-bond acceptors (Lipinski definition) is 6. The van der Waals surface area contributed by atoms with Crippen LogP contribution in [0.2, 0.25) is 0 Å². The third-order valence-corrected chi connectivity index (χ3v) is 9.70. The highest BCUT2D eigenvalue weighted by molar-refractivity contribution is 6.10. The lowest BCUT2D eigenvalue weighted by Gasteiger charge is -2.38. The van der Waals surface area contributed by atoms with E-state index in [-0.39, 0.29) is 43.8 Å². The van der Waals surface area contributed by atoms with Gasteiger partial charge in [0.15, 0.2) is 0 Å². The maximum Gasteiger partial charge on any atom is 0.328 e. The minimum absolute atomic E-state index is 0.0130. The van der Waals surface area contributed by atoms with E-state index in [1.54, 1.807) is 24.0 Å². The zero-order valence-electron chi connectivity index (χ0n) is 29.9. The summed E-state index contributed by atoms with van der Waals surface area (Å²) >= 11 is 0. The molecule has 0 unspecified atom stereocenters. The van der Waals surface area contributed by atoms with E-state index < -0.39 is 35.5 Å². The molecule has 2 aliphatic rings. The normalized spacial score (nSPS) is 16.6. The highest BCUT2D eigenvalue weighted by Gasteiger charge is 2.59. The Kier molecular flexibility index (Phi) is 12.1. The second-order valence-corrected chi connectivity index (χ2v) is 13.9. The first-order valence-electron chi connectivity index (χ1n) is 17.9. The quantitative estimate of drug-likeness (QED) is 0.127. The molecule has 51 heavy (non-hydrogen) atoms. The molecule has 6 amide bonds. The molecule has 1 heterocycles. The minimum Gasteiger partial charge on any atom is -0.466 e. The number of rotatable bonds is 13. The molecule has 3 N–H and O–H groups in total. The van der Waals surface area contributed by atoms with Gasteiger partial charge in [0, 0.05) is 17.9 Å². The second kappa shape index (κ2) is 16.7. The Balaban J connectivity index is 1.37. The molecule has 0 bridgehead atoms. The van der Waals surface area contributed by atoms with Crippen LogP contribution in [-0.4, -0.2) is 57.8 Å². The van der Waals surface area contributed by atoms with E-state index in [9.17, 15) is 24.0 Å². The number of hydrogen-bond donors (Lipinski definition) is 3. The Bertz CT molecular complexity index is 1700. The van der Waals surface area contributed by atoms with Gasteiger partial charge in [0.25, 0.3) is 5.91 Å². The molecule has 2 atom stereocenters. The fourth-order valence-electron chi connectivity index (χ4n) is 7.10. The van der Waals surface area contributed by atoms with Gasteiger partial charge in [0.2, 0.25) is 5.91 Å². The van der Waals surface area contributed by atoms with Crippen molar-refractivity contribution in [2.45, 2.75) is 96.8 Å². The predicted octanol–water partition coefficient (Wildman–Crippen LogP) is 7.33. The fraction of sp³-hybridized carbons (Fsp3) is 0.425. The standard InChI is InChI=1S/C40H49N5O6/c1-5-51-35(46)25-33(30-15-8-6-9-16-30)42-36(47)34(24-27(2)3)45-37(48)40(22-12-7-13-23-40)44(39(45)50)26-29-18-20-31(21-19-29)41-38(49)43-32-17-11-10-14-28(32)4/h6,8-11,14-21,27,33-34H,5,7,12-13,22-26H2,1-4H3,(H,42,47)(H2,41,43,49)/t33-,34-/m0/s1. The Morgan fingerprint density at radius 1 is 0.863 bits per heavy atom. The third kappa shape index (κ3) is 8.76. The van der Waals surface area contributed by atoms with Gasteiger partial charge in [-0.2, -0.15) is 0 Å². The van der Waals surface area contributed by atoms with Gasteiger partial charge >= 0.3 is 18.0 Å². The number of nitrogens with one attached hydrogen (secondary N) is 3. The number of amides is 6. The summed E-state index contributed by atoms with van der Waals surface area (Å²) in [7, 11) is 0. The van der Waals surface area contributed by atoms with Gasteiger partial charge in [-0.1, -0.05) is 93.8 Å². The molecule has 1 aliphatic carbocycles. The first kappa shape index (κ1) is 37.1. The summed E-state index contributed by atoms with van der Waals surface area (Å²) in [5, 5.41) is 8.69. The van der Waals surface area contributed by atoms with Crippen LogP contribution in [0.3, 0.4) is 0 Å². The number of ether oxygens (including phenoxy) is 1. The number of aryl methyl sites for hydroxylation is 1. The topological polar surface area (TPSA) is 137 Å². The number of nitrogens with zero attached hydrogens (tertiary/aromatic N) is 2. The summed E-state index contributed by atoms with van der Waals surface area (Å²) in [5.74, 6) is -1.31. The van der Waals surface area contributed by atoms with Gasteiger partial charge in [-0.3, -0.25) is 14.4 Å². The van der Waals surface area contributed by atoms with Crippen molar-refractivity contribution < 1.29 is 28.7 Å². The number of carbonyl (C=O) groups excluding carboxylic acids is 5. The smallest absolute Gasteiger partial charge is 0.328 e. The number of benzene rings is 3.